The summed E-state index contributed by atoms with van der Waals surface area (Å²) in [6.07, 6.45) is 1.42. The van der Waals surface area contributed by atoms with Crippen molar-refractivity contribution in [3.63, 3.8) is 0 Å². The topological polar surface area (TPSA) is 29.5 Å². The van der Waals surface area contributed by atoms with Crippen LogP contribution in [-0.4, -0.2) is 19.6 Å². The molecule has 0 saturated heterocycles. The zero-order valence-corrected chi connectivity index (χ0v) is 9.12. The van der Waals surface area contributed by atoms with Gasteiger partial charge >= 0.3 is 0 Å². The minimum Gasteiger partial charge on any atom is -0.494 e. The molecule has 1 amide bonds. The molecule has 0 unspecified atom stereocenters. The number of carbonyl (C=O) groups is 1. The van der Waals surface area contributed by atoms with Gasteiger partial charge in [-0.05, 0) is 37.1 Å². The van der Waals surface area contributed by atoms with Gasteiger partial charge in [0.25, 0.3) is 0 Å². The molecule has 0 saturated carbocycles. The highest BCUT2D eigenvalue weighted by atomic mass is 16.5. The molecule has 0 aromatic heterocycles. The number of aryl methyl sites for hydroxylation is 1. The van der Waals surface area contributed by atoms with Crippen molar-refractivity contribution in [3.05, 3.63) is 23.8 Å². The highest BCUT2D eigenvalue weighted by Crippen LogP contribution is 2.29. The van der Waals surface area contributed by atoms with Crippen LogP contribution >= 0.6 is 0 Å². The van der Waals surface area contributed by atoms with E-state index in [0.29, 0.717) is 13.0 Å². The quantitative estimate of drug-likeness (QED) is 0.739. The van der Waals surface area contributed by atoms with Gasteiger partial charge in [0.15, 0.2) is 0 Å². The molecule has 0 spiro atoms. The standard InChI is InChI=1S/C12H15NO2/c1-3-15-10-5-6-11-9(8-10)4-7-12(14)13(11)2/h5-6,8H,3-4,7H2,1-2H3. The Hall–Kier alpha value is -1.51. The lowest BCUT2D eigenvalue weighted by atomic mass is 10.0. The third-order valence-corrected chi connectivity index (χ3v) is 2.71. The molecule has 2 rings (SSSR count). The Bertz CT molecular complexity index is 387. The SMILES string of the molecule is CCOc1ccc2c(c1)CCC(=O)N2C. The van der Waals surface area contributed by atoms with Crippen LogP contribution in [0, 0.1) is 0 Å². The molecule has 3 nitrogen and oxygen atoms in total. The summed E-state index contributed by atoms with van der Waals surface area (Å²) in [7, 11) is 1.82. The molecule has 0 fully saturated rings. The van der Waals surface area contributed by atoms with Gasteiger partial charge in [-0.2, -0.15) is 0 Å². The van der Waals surface area contributed by atoms with Crippen LogP contribution in [0.25, 0.3) is 0 Å². The monoisotopic (exact) mass is 205 g/mol. The van der Waals surface area contributed by atoms with Crippen molar-refractivity contribution in [3.8, 4) is 5.75 Å². The number of benzene rings is 1. The fraction of sp³-hybridized carbons (Fsp3) is 0.417. The lowest BCUT2D eigenvalue weighted by Crippen LogP contribution is -2.30. The number of hydrogen-bond acceptors (Lipinski definition) is 2. The highest BCUT2D eigenvalue weighted by molar-refractivity contribution is 5.95. The Morgan fingerprint density at radius 1 is 1.40 bits per heavy atom. The second kappa shape index (κ2) is 3.93. The minimum atomic E-state index is 0.187. The van der Waals surface area contributed by atoms with E-state index in [0.717, 1.165) is 17.9 Å². The van der Waals surface area contributed by atoms with Crippen molar-refractivity contribution in [2.45, 2.75) is 19.8 Å². The number of anilines is 1. The molecule has 1 aliphatic heterocycles. The summed E-state index contributed by atoms with van der Waals surface area (Å²) in [6.45, 7) is 2.64. The summed E-state index contributed by atoms with van der Waals surface area (Å²) < 4.78 is 5.43. The van der Waals surface area contributed by atoms with Crippen molar-refractivity contribution >= 4 is 11.6 Å². The van der Waals surface area contributed by atoms with Crippen LogP contribution < -0.4 is 9.64 Å². The molecule has 0 atom stereocenters. The van der Waals surface area contributed by atoms with Crippen molar-refractivity contribution < 1.29 is 9.53 Å². The lowest BCUT2D eigenvalue weighted by Gasteiger charge is -2.25. The number of ether oxygens (including phenoxy) is 1. The van der Waals surface area contributed by atoms with Gasteiger partial charge in [-0.25, -0.2) is 0 Å². The van der Waals surface area contributed by atoms with Gasteiger partial charge in [0, 0.05) is 19.2 Å². The lowest BCUT2D eigenvalue weighted by molar-refractivity contribution is -0.118. The Morgan fingerprint density at radius 2 is 2.20 bits per heavy atom. The van der Waals surface area contributed by atoms with E-state index in [1.807, 2.05) is 32.2 Å². The molecule has 0 aliphatic carbocycles. The first-order chi connectivity index (χ1) is 7.22. The molecule has 0 radical (unpaired) electrons. The van der Waals surface area contributed by atoms with Gasteiger partial charge in [0.2, 0.25) is 5.91 Å². The van der Waals surface area contributed by atoms with Crippen LogP contribution in [0.2, 0.25) is 0 Å². The highest BCUT2D eigenvalue weighted by Gasteiger charge is 2.20. The van der Waals surface area contributed by atoms with Crippen molar-refractivity contribution in [1.82, 2.24) is 0 Å². The van der Waals surface area contributed by atoms with Crippen LogP contribution in [0.3, 0.4) is 0 Å². The number of amides is 1. The molecule has 3 heteroatoms. The zero-order valence-electron chi connectivity index (χ0n) is 9.12. The van der Waals surface area contributed by atoms with Gasteiger partial charge in [0.1, 0.15) is 5.75 Å². The van der Waals surface area contributed by atoms with E-state index in [1.165, 1.54) is 5.56 Å². The molecule has 0 bridgehead atoms. The van der Waals surface area contributed by atoms with Gasteiger partial charge in [-0.1, -0.05) is 0 Å². The number of nitrogens with zero attached hydrogens (tertiary/aromatic N) is 1. The first kappa shape index (κ1) is 10.0. The van der Waals surface area contributed by atoms with Crippen LogP contribution in [0.5, 0.6) is 5.75 Å². The van der Waals surface area contributed by atoms with E-state index in [-0.39, 0.29) is 5.91 Å². The van der Waals surface area contributed by atoms with Crippen LogP contribution in [0.4, 0.5) is 5.69 Å². The van der Waals surface area contributed by atoms with E-state index in [4.69, 9.17) is 4.74 Å². The Kier molecular flexibility index (Phi) is 2.62. The minimum absolute atomic E-state index is 0.187. The summed E-state index contributed by atoms with van der Waals surface area (Å²) >= 11 is 0. The molecule has 1 heterocycles. The maximum atomic E-state index is 11.5. The first-order valence-electron chi connectivity index (χ1n) is 5.24. The average Bonchev–Trinajstić information content (AvgIpc) is 2.24. The third kappa shape index (κ3) is 1.82. The second-order valence-corrected chi connectivity index (χ2v) is 3.68. The maximum Gasteiger partial charge on any atom is 0.227 e. The van der Waals surface area contributed by atoms with E-state index in [9.17, 15) is 4.79 Å². The molecule has 0 N–H and O–H groups in total. The predicted octanol–water partition coefficient (Wildman–Crippen LogP) is 1.99. The predicted molar refractivity (Wildman–Crippen MR) is 59.3 cm³/mol. The fourth-order valence-electron chi connectivity index (χ4n) is 1.89. The zero-order chi connectivity index (χ0) is 10.8. The molecule has 1 aliphatic rings. The van der Waals surface area contributed by atoms with E-state index < -0.39 is 0 Å². The van der Waals surface area contributed by atoms with E-state index in [1.54, 1.807) is 4.90 Å². The Labute approximate surface area is 89.7 Å². The maximum absolute atomic E-state index is 11.5. The molecule has 80 valence electrons. The van der Waals surface area contributed by atoms with E-state index >= 15 is 0 Å². The molecular formula is C12H15NO2. The fourth-order valence-corrected chi connectivity index (χ4v) is 1.89. The smallest absolute Gasteiger partial charge is 0.227 e. The third-order valence-electron chi connectivity index (χ3n) is 2.71. The summed E-state index contributed by atoms with van der Waals surface area (Å²) in [4.78, 5) is 13.2. The molecule has 1 aromatic carbocycles. The molecule has 15 heavy (non-hydrogen) atoms. The molecule has 1 aromatic rings. The number of fused-ring (bicyclic) bond motifs is 1. The Balaban J connectivity index is 2.34. The van der Waals surface area contributed by atoms with Crippen LogP contribution in [-0.2, 0) is 11.2 Å². The van der Waals surface area contributed by atoms with Gasteiger partial charge in [-0.3, -0.25) is 4.79 Å². The summed E-state index contributed by atoms with van der Waals surface area (Å²) in [5, 5.41) is 0. The summed E-state index contributed by atoms with van der Waals surface area (Å²) in [5.41, 5.74) is 2.21. The number of rotatable bonds is 2. The van der Waals surface area contributed by atoms with Crippen LogP contribution in [0.1, 0.15) is 18.9 Å². The van der Waals surface area contributed by atoms with Gasteiger partial charge in [0.05, 0.1) is 6.61 Å². The molecular weight excluding hydrogens is 190 g/mol. The second-order valence-electron chi connectivity index (χ2n) is 3.68. The number of carbonyl (C=O) groups excluding carboxylic acids is 1. The normalized spacial score (nSPS) is 15.1. The van der Waals surface area contributed by atoms with Crippen molar-refractivity contribution in [2.24, 2.45) is 0 Å². The van der Waals surface area contributed by atoms with Crippen LogP contribution in [0.15, 0.2) is 18.2 Å². The average molecular weight is 205 g/mol. The van der Waals surface area contributed by atoms with Crippen molar-refractivity contribution in [2.75, 3.05) is 18.6 Å². The summed E-state index contributed by atoms with van der Waals surface area (Å²) in [6, 6.07) is 5.90. The van der Waals surface area contributed by atoms with Gasteiger partial charge < -0.3 is 9.64 Å². The van der Waals surface area contributed by atoms with Crippen molar-refractivity contribution in [1.29, 1.82) is 0 Å². The van der Waals surface area contributed by atoms with Gasteiger partial charge in [-0.15, -0.1) is 0 Å². The number of hydrogen-bond donors (Lipinski definition) is 0. The first-order valence-corrected chi connectivity index (χ1v) is 5.24. The Morgan fingerprint density at radius 3 is 2.93 bits per heavy atom. The largest absolute Gasteiger partial charge is 0.494 e. The van der Waals surface area contributed by atoms with E-state index in [2.05, 4.69) is 0 Å². The summed E-state index contributed by atoms with van der Waals surface area (Å²) in [5.74, 6) is 1.07.